The number of carboxylic acids is 1. The predicted molar refractivity (Wildman–Crippen MR) is 76.7 cm³/mol. The molecule has 1 aromatic rings. The van der Waals surface area contributed by atoms with Gasteiger partial charge in [-0.25, -0.2) is 13.2 Å². The van der Waals surface area contributed by atoms with E-state index in [-0.39, 0.29) is 22.7 Å². The zero-order valence-corrected chi connectivity index (χ0v) is 12.6. The van der Waals surface area contributed by atoms with E-state index in [1.807, 2.05) is 0 Å². The Morgan fingerprint density at radius 2 is 1.86 bits per heavy atom. The van der Waals surface area contributed by atoms with Crippen LogP contribution in [0.15, 0.2) is 12.1 Å². The van der Waals surface area contributed by atoms with E-state index in [1.54, 1.807) is 0 Å². The molecule has 2 rings (SSSR count). The molecule has 116 valence electrons. The van der Waals surface area contributed by atoms with Crippen molar-refractivity contribution >= 4 is 21.7 Å². The molecule has 2 N–H and O–H groups in total. The van der Waals surface area contributed by atoms with Crippen molar-refractivity contribution in [3.05, 3.63) is 17.7 Å². The molecule has 8 heteroatoms. The second-order valence-corrected chi connectivity index (χ2v) is 6.72. The molecule has 0 atom stereocenters. The summed E-state index contributed by atoms with van der Waals surface area (Å²) in [7, 11) is -0.831. The minimum Gasteiger partial charge on any atom is -0.496 e. The smallest absolute Gasteiger partial charge is 0.339 e. The van der Waals surface area contributed by atoms with Crippen LogP contribution in [0.1, 0.15) is 29.6 Å². The highest BCUT2D eigenvalue weighted by atomic mass is 32.2. The molecule has 0 amide bonds. The van der Waals surface area contributed by atoms with Gasteiger partial charge in [0.25, 0.3) is 0 Å². The number of rotatable bonds is 6. The van der Waals surface area contributed by atoms with Gasteiger partial charge in [0.2, 0.25) is 10.0 Å². The van der Waals surface area contributed by atoms with Crippen LogP contribution in [0.3, 0.4) is 0 Å². The Labute approximate surface area is 122 Å². The van der Waals surface area contributed by atoms with Gasteiger partial charge in [-0.1, -0.05) is 6.42 Å². The van der Waals surface area contributed by atoms with Gasteiger partial charge in [0, 0.05) is 6.07 Å². The Balaban J connectivity index is 2.42. The number of nitrogens with one attached hydrogen (secondary N) is 1. The monoisotopic (exact) mass is 315 g/mol. The maximum absolute atomic E-state index is 12.1. The van der Waals surface area contributed by atoms with Crippen LogP contribution in [0.5, 0.6) is 11.5 Å². The molecular weight excluding hydrogens is 298 g/mol. The van der Waals surface area contributed by atoms with Gasteiger partial charge in [0.1, 0.15) is 17.1 Å². The highest BCUT2D eigenvalue weighted by molar-refractivity contribution is 7.93. The zero-order chi connectivity index (χ0) is 15.6. The molecule has 0 heterocycles. The van der Waals surface area contributed by atoms with E-state index in [4.69, 9.17) is 14.6 Å². The summed E-state index contributed by atoms with van der Waals surface area (Å²) in [6.07, 6.45) is 2.10. The molecule has 7 nitrogen and oxygen atoms in total. The molecule has 0 radical (unpaired) electrons. The first-order valence-corrected chi connectivity index (χ1v) is 7.94. The maximum Gasteiger partial charge on any atom is 0.339 e. The van der Waals surface area contributed by atoms with Crippen LogP contribution in [0, 0.1) is 0 Å². The van der Waals surface area contributed by atoms with Crippen LogP contribution in [-0.2, 0) is 10.0 Å². The van der Waals surface area contributed by atoms with Gasteiger partial charge in [-0.2, -0.15) is 0 Å². The molecule has 0 spiro atoms. The molecule has 1 aromatic carbocycles. The van der Waals surface area contributed by atoms with Crippen molar-refractivity contribution < 1.29 is 27.8 Å². The van der Waals surface area contributed by atoms with E-state index in [1.165, 1.54) is 26.4 Å². The Bertz CT molecular complexity index is 651. The van der Waals surface area contributed by atoms with Gasteiger partial charge in [0.05, 0.1) is 25.2 Å². The topological polar surface area (TPSA) is 102 Å². The average molecular weight is 315 g/mol. The highest BCUT2D eigenvalue weighted by Crippen LogP contribution is 2.35. The summed E-state index contributed by atoms with van der Waals surface area (Å²) in [5, 5.41) is 8.72. The van der Waals surface area contributed by atoms with Gasteiger partial charge in [-0.15, -0.1) is 0 Å². The van der Waals surface area contributed by atoms with E-state index in [0.29, 0.717) is 12.8 Å². The summed E-state index contributed by atoms with van der Waals surface area (Å²) in [6, 6.07) is 2.55. The van der Waals surface area contributed by atoms with Gasteiger partial charge in [-0.05, 0) is 18.9 Å². The first-order chi connectivity index (χ1) is 9.89. The lowest BCUT2D eigenvalue weighted by Crippen LogP contribution is -2.33. The number of carbonyl (C=O) groups is 1. The number of benzene rings is 1. The first kappa shape index (κ1) is 15.4. The molecule has 0 aliphatic heterocycles. The summed E-state index contributed by atoms with van der Waals surface area (Å²) in [5.74, 6) is -0.899. The van der Waals surface area contributed by atoms with Gasteiger partial charge in [-0.3, -0.25) is 4.72 Å². The van der Waals surface area contributed by atoms with Gasteiger partial charge in [0.15, 0.2) is 0 Å². The Morgan fingerprint density at radius 1 is 1.24 bits per heavy atom. The third kappa shape index (κ3) is 3.05. The predicted octanol–water partition coefficient (Wildman–Crippen LogP) is 1.70. The molecule has 21 heavy (non-hydrogen) atoms. The molecule has 1 aliphatic carbocycles. The average Bonchev–Trinajstić information content (AvgIpc) is 2.34. The number of sulfonamides is 1. The Morgan fingerprint density at radius 3 is 2.29 bits per heavy atom. The van der Waals surface area contributed by atoms with Crippen molar-refractivity contribution in [3.63, 3.8) is 0 Å². The van der Waals surface area contributed by atoms with Crippen LogP contribution in [0.25, 0.3) is 0 Å². The van der Waals surface area contributed by atoms with E-state index < -0.39 is 21.2 Å². The fourth-order valence-corrected chi connectivity index (χ4v) is 3.65. The normalized spacial score (nSPS) is 15.1. The number of anilines is 1. The van der Waals surface area contributed by atoms with Crippen molar-refractivity contribution in [3.8, 4) is 11.5 Å². The minimum atomic E-state index is -3.53. The number of aromatic carboxylic acids is 1. The van der Waals surface area contributed by atoms with Gasteiger partial charge < -0.3 is 14.6 Å². The highest BCUT2D eigenvalue weighted by Gasteiger charge is 2.32. The van der Waals surface area contributed by atoms with Gasteiger partial charge >= 0.3 is 5.97 Å². The molecule has 1 saturated carbocycles. The Hall–Kier alpha value is -1.96. The number of ether oxygens (including phenoxy) is 2. The third-order valence-electron chi connectivity index (χ3n) is 3.50. The molecule has 0 aromatic heterocycles. The van der Waals surface area contributed by atoms with Crippen LogP contribution >= 0.6 is 0 Å². The zero-order valence-electron chi connectivity index (χ0n) is 11.8. The lowest BCUT2D eigenvalue weighted by Gasteiger charge is -2.26. The molecule has 0 bridgehead atoms. The van der Waals surface area contributed by atoms with Crippen molar-refractivity contribution in [2.24, 2.45) is 0 Å². The second-order valence-electron chi connectivity index (χ2n) is 4.76. The van der Waals surface area contributed by atoms with Crippen LogP contribution in [-0.4, -0.2) is 39.0 Å². The van der Waals surface area contributed by atoms with Crippen molar-refractivity contribution in [2.45, 2.75) is 24.5 Å². The summed E-state index contributed by atoms with van der Waals surface area (Å²) < 4.78 is 36.8. The quantitative estimate of drug-likeness (QED) is 0.828. The standard InChI is InChI=1S/C13H17NO6S/c1-19-11-7-12(20-2)10(6-9(11)13(15)16)14-21(17,18)8-4-3-5-8/h6-8,14H,3-5H2,1-2H3,(H,15,16). The summed E-state index contributed by atoms with van der Waals surface area (Å²) in [6.45, 7) is 0. The summed E-state index contributed by atoms with van der Waals surface area (Å²) in [4.78, 5) is 11.2. The van der Waals surface area contributed by atoms with Crippen LogP contribution < -0.4 is 14.2 Å². The molecule has 0 unspecified atom stereocenters. The third-order valence-corrected chi connectivity index (χ3v) is 5.35. The first-order valence-electron chi connectivity index (χ1n) is 6.40. The lowest BCUT2D eigenvalue weighted by molar-refractivity contribution is 0.0693. The molecule has 1 fully saturated rings. The molecule has 1 aliphatic rings. The second kappa shape index (κ2) is 5.80. The maximum atomic E-state index is 12.1. The number of carboxylic acid groups (broad SMARTS) is 1. The molecule has 0 saturated heterocycles. The van der Waals surface area contributed by atoms with E-state index in [2.05, 4.69) is 4.72 Å². The molecular formula is C13H17NO6S. The fraction of sp³-hybridized carbons (Fsp3) is 0.462. The van der Waals surface area contributed by atoms with Crippen LogP contribution in [0.2, 0.25) is 0 Å². The van der Waals surface area contributed by atoms with Crippen LogP contribution in [0.4, 0.5) is 5.69 Å². The lowest BCUT2D eigenvalue weighted by atomic mass is 10.0. The summed E-state index contributed by atoms with van der Waals surface area (Å²) in [5.41, 5.74) is -0.0350. The van der Waals surface area contributed by atoms with Crippen molar-refractivity contribution in [1.82, 2.24) is 0 Å². The fourth-order valence-electron chi connectivity index (χ4n) is 2.06. The van der Waals surface area contributed by atoms with Crippen molar-refractivity contribution in [1.29, 1.82) is 0 Å². The summed E-state index contributed by atoms with van der Waals surface area (Å²) >= 11 is 0. The largest absolute Gasteiger partial charge is 0.496 e. The number of hydrogen-bond acceptors (Lipinski definition) is 5. The number of methoxy groups -OCH3 is 2. The Kier molecular flexibility index (Phi) is 4.26. The number of hydrogen-bond donors (Lipinski definition) is 2. The SMILES string of the molecule is COc1cc(OC)c(C(=O)O)cc1NS(=O)(=O)C1CCC1. The van der Waals surface area contributed by atoms with E-state index >= 15 is 0 Å². The van der Waals surface area contributed by atoms with E-state index in [9.17, 15) is 13.2 Å². The van der Waals surface area contributed by atoms with E-state index in [0.717, 1.165) is 6.42 Å². The minimum absolute atomic E-state index is 0.0996. The van der Waals surface area contributed by atoms with Crippen molar-refractivity contribution in [2.75, 3.05) is 18.9 Å².